The maximum Gasteiger partial charge on any atom is 0.158 e. The predicted octanol–water partition coefficient (Wildman–Crippen LogP) is 2.47. The van der Waals surface area contributed by atoms with Crippen molar-refractivity contribution in [2.24, 2.45) is 5.73 Å². The van der Waals surface area contributed by atoms with Crippen molar-refractivity contribution in [3.63, 3.8) is 0 Å². The molecule has 3 aromatic rings. The van der Waals surface area contributed by atoms with Crippen LogP contribution in [0.4, 0.5) is 11.4 Å². The van der Waals surface area contributed by atoms with E-state index in [9.17, 15) is 0 Å². The SMILES string of the molecule is NCCc1c[nH]c2ccc(OCC3OC3Nc3ccc(N)cc3)cc12. The summed E-state index contributed by atoms with van der Waals surface area (Å²) >= 11 is 0. The van der Waals surface area contributed by atoms with Crippen molar-refractivity contribution in [3.8, 4) is 5.75 Å². The van der Waals surface area contributed by atoms with Gasteiger partial charge in [-0.25, -0.2) is 0 Å². The second-order valence-electron chi connectivity index (χ2n) is 6.23. The maximum atomic E-state index is 5.90. The van der Waals surface area contributed by atoms with E-state index < -0.39 is 0 Å². The largest absolute Gasteiger partial charge is 0.491 e. The van der Waals surface area contributed by atoms with Gasteiger partial charge in [0.25, 0.3) is 0 Å². The highest BCUT2D eigenvalue weighted by Gasteiger charge is 2.39. The standard InChI is InChI=1S/C19H22N4O2/c20-8-7-12-10-22-17-6-5-15(9-16(12)17)24-11-18-19(25-18)23-14-3-1-13(21)2-4-14/h1-6,9-10,18-19,22-23H,7-8,11,20-21H2. The number of hydrogen-bond donors (Lipinski definition) is 4. The summed E-state index contributed by atoms with van der Waals surface area (Å²) in [6.45, 7) is 1.14. The van der Waals surface area contributed by atoms with E-state index in [4.69, 9.17) is 20.9 Å². The van der Waals surface area contributed by atoms with Gasteiger partial charge in [0.15, 0.2) is 6.23 Å². The van der Waals surface area contributed by atoms with E-state index in [2.05, 4.69) is 16.4 Å². The number of ether oxygens (including phenoxy) is 2. The first-order valence-corrected chi connectivity index (χ1v) is 8.43. The third-order valence-electron chi connectivity index (χ3n) is 4.37. The van der Waals surface area contributed by atoms with Crippen molar-refractivity contribution in [1.82, 2.24) is 4.98 Å². The fraction of sp³-hybridized carbons (Fsp3) is 0.263. The molecule has 130 valence electrons. The lowest BCUT2D eigenvalue weighted by Gasteiger charge is -2.06. The number of hydrogen-bond acceptors (Lipinski definition) is 5. The second-order valence-corrected chi connectivity index (χ2v) is 6.23. The number of nitrogen functional groups attached to an aromatic ring is 1. The van der Waals surface area contributed by atoms with Crippen molar-refractivity contribution in [3.05, 3.63) is 54.2 Å². The zero-order valence-electron chi connectivity index (χ0n) is 13.9. The molecule has 2 aromatic carbocycles. The fourth-order valence-electron chi connectivity index (χ4n) is 2.93. The average molecular weight is 338 g/mol. The molecule has 25 heavy (non-hydrogen) atoms. The molecule has 1 aromatic heterocycles. The summed E-state index contributed by atoms with van der Waals surface area (Å²) in [6, 6.07) is 13.7. The Morgan fingerprint density at radius 1 is 1.16 bits per heavy atom. The van der Waals surface area contributed by atoms with Crippen LogP contribution in [0.2, 0.25) is 0 Å². The van der Waals surface area contributed by atoms with Gasteiger partial charge >= 0.3 is 0 Å². The van der Waals surface area contributed by atoms with Gasteiger partial charge in [-0.2, -0.15) is 0 Å². The molecule has 0 aliphatic carbocycles. The first-order chi connectivity index (χ1) is 12.2. The Kier molecular flexibility index (Phi) is 4.21. The topological polar surface area (TPSA) is 102 Å². The number of nitrogens with two attached hydrogens (primary N) is 2. The van der Waals surface area contributed by atoms with Crippen LogP contribution in [-0.4, -0.2) is 30.5 Å². The molecule has 0 bridgehead atoms. The lowest BCUT2D eigenvalue weighted by atomic mass is 10.1. The number of rotatable bonds is 7. The molecule has 0 radical (unpaired) electrons. The van der Waals surface area contributed by atoms with Gasteiger partial charge in [0, 0.05) is 28.5 Å². The summed E-state index contributed by atoms with van der Waals surface area (Å²) in [5, 5.41) is 4.47. The molecule has 6 N–H and O–H groups in total. The molecule has 2 heterocycles. The molecular formula is C19H22N4O2. The van der Waals surface area contributed by atoms with E-state index in [1.165, 1.54) is 5.56 Å². The first kappa shape index (κ1) is 15.8. The molecule has 0 amide bonds. The number of aromatic amines is 1. The summed E-state index contributed by atoms with van der Waals surface area (Å²) in [6.07, 6.45) is 2.89. The van der Waals surface area contributed by atoms with E-state index in [0.29, 0.717) is 13.2 Å². The highest BCUT2D eigenvalue weighted by atomic mass is 16.6. The molecule has 0 spiro atoms. The predicted molar refractivity (Wildman–Crippen MR) is 99.7 cm³/mol. The van der Waals surface area contributed by atoms with E-state index in [1.54, 1.807) is 0 Å². The zero-order valence-corrected chi connectivity index (χ0v) is 13.9. The van der Waals surface area contributed by atoms with E-state index in [-0.39, 0.29) is 12.3 Å². The first-order valence-electron chi connectivity index (χ1n) is 8.43. The van der Waals surface area contributed by atoms with Gasteiger partial charge in [-0.3, -0.25) is 0 Å². The van der Waals surface area contributed by atoms with Gasteiger partial charge in [0.2, 0.25) is 0 Å². The van der Waals surface area contributed by atoms with Crippen molar-refractivity contribution < 1.29 is 9.47 Å². The fourth-order valence-corrected chi connectivity index (χ4v) is 2.93. The van der Waals surface area contributed by atoms with Crippen LogP contribution in [-0.2, 0) is 11.2 Å². The van der Waals surface area contributed by atoms with Gasteiger partial charge in [-0.1, -0.05) is 0 Å². The third-order valence-corrected chi connectivity index (χ3v) is 4.37. The van der Waals surface area contributed by atoms with Crippen molar-refractivity contribution in [2.45, 2.75) is 18.8 Å². The Balaban J connectivity index is 1.33. The Morgan fingerprint density at radius 2 is 2.00 bits per heavy atom. The molecule has 1 aliphatic heterocycles. The summed E-state index contributed by atoms with van der Waals surface area (Å²) in [5.41, 5.74) is 15.4. The minimum absolute atomic E-state index is 0.0209. The molecule has 0 saturated carbocycles. The molecule has 6 nitrogen and oxygen atoms in total. The van der Waals surface area contributed by atoms with Crippen LogP contribution in [0.1, 0.15) is 5.56 Å². The Bertz CT molecular complexity index is 859. The van der Waals surface area contributed by atoms with Crippen molar-refractivity contribution in [2.75, 3.05) is 24.2 Å². The molecule has 1 fully saturated rings. The van der Waals surface area contributed by atoms with Gasteiger partial charge in [-0.15, -0.1) is 0 Å². The summed E-state index contributed by atoms with van der Waals surface area (Å²) in [7, 11) is 0. The molecule has 6 heteroatoms. The summed E-state index contributed by atoms with van der Waals surface area (Å²) in [4.78, 5) is 3.26. The van der Waals surface area contributed by atoms with Crippen LogP contribution in [0, 0.1) is 0 Å². The number of aromatic nitrogens is 1. The minimum Gasteiger partial charge on any atom is -0.491 e. The van der Waals surface area contributed by atoms with Crippen LogP contribution in [0.3, 0.4) is 0 Å². The molecular weight excluding hydrogens is 316 g/mol. The number of epoxide rings is 1. The minimum atomic E-state index is -0.0209. The number of fused-ring (bicyclic) bond motifs is 1. The van der Waals surface area contributed by atoms with Crippen LogP contribution < -0.4 is 21.5 Å². The summed E-state index contributed by atoms with van der Waals surface area (Å²) in [5.74, 6) is 0.840. The quantitative estimate of drug-likeness (QED) is 0.391. The van der Waals surface area contributed by atoms with Crippen LogP contribution >= 0.6 is 0 Å². The number of anilines is 2. The van der Waals surface area contributed by atoms with E-state index in [0.717, 1.165) is 34.4 Å². The lowest BCUT2D eigenvalue weighted by Crippen LogP contribution is -2.13. The zero-order chi connectivity index (χ0) is 17.2. The van der Waals surface area contributed by atoms with Crippen molar-refractivity contribution >= 4 is 22.3 Å². The number of nitrogens with one attached hydrogen (secondary N) is 2. The molecule has 4 rings (SSSR count). The number of benzene rings is 2. The molecule has 2 unspecified atom stereocenters. The van der Waals surface area contributed by atoms with Crippen LogP contribution in [0.15, 0.2) is 48.7 Å². The molecule has 1 aliphatic rings. The van der Waals surface area contributed by atoms with E-state index in [1.807, 2.05) is 42.6 Å². The highest BCUT2D eigenvalue weighted by Crippen LogP contribution is 2.28. The van der Waals surface area contributed by atoms with Gasteiger partial charge in [0.1, 0.15) is 18.5 Å². The van der Waals surface area contributed by atoms with Gasteiger partial charge < -0.3 is 31.2 Å². The lowest BCUT2D eigenvalue weighted by molar-refractivity contribution is 0.261. The van der Waals surface area contributed by atoms with Gasteiger partial charge in [-0.05, 0) is 61.0 Å². The average Bonchev–Trinajstić information content (AvgIpc) is 3.25. The Morgan fingerprint density at radius 3 is 2.80 bits per heavy atom. The highest BCUT2D eigenvalue weighted by molar-refractivity contribution is 5.84. The number of H-pyrrole nitrogens is 1. The Hall–Kier alpha value is -2.70. The van der Waals surface area contributed by atoms with Crippen LogP contribution in [0.25, 0.3) is 10.9 Å². The molecule has 2 atom stereocenters. The van der Waals surface area contributed by atoms with Crippen molar-refractivity contribution in [1.29, 1.82) is 0 Å². The normalized spacial score (nSPS) is 19.1. The van der Waals surface area contributed by atoms with E-state index >= 15 is 0 Å². The monoisotopic (exact) mass is 338 g/mol. The third kappa shape index (κ3) is 3.55. The smallest absolute Gasteiger partial charge is 0.158 e. The second kappa shape index (κ2) is 6.66. The maximum absolute atomic E-state index is 5.90. The summed E-state index contributed by atoms with van der Waals surface area (Å²) < 4.78 is 11.5. The molecule has 1 saturated heterocycles. The Labute approximate surface area is 146 Å². The van der Waals surface area contributed by atoms with Gasteiger partial charge in [0.05, 0.1) is 0 Å². The van der Waals surface area contributed by atoms with Crippen LogP contribution in [0.5, 0.6) is 5.75 Å².